The van der Waals surface area contributed by atoms with Gasteiger partial charge in [-0.05, 0) is 32.4 Å². The number of hydrogen-bond acceptors (Lipinski definition) is 32. The van der Waals surface area contributed by atoms with Crippen LogP contribution in [0.2, 0.25) is 0 Å². The molecule has 2 fully saturated rings. The fourth-order valence-corrected chi connectivity index (χ4v) is 9.04. The first-order valence-corrected chi connectivity index (χ1v) is 28.4. The third-order valence-electron chi connectivity index (χ3n) is 12.3. The Morgan fingerprint density at radius 1 is 0.451 bits per heavy atom. The van der Waals surface area contributed by atoms with E-state index in [0.29, 0.717) is 0 Å². The summed E-state index contributed by atoms with van der Waals surface area (Å²) in [4.78, 5) is 175. The lowest BCUT2D eigenvalue weighted by Gasteiger charge is -2.45. The van der Waals surface area contributed by atoms with E-state index in [2.05, 4.69) is 31.9 Å². The Bertz CT molecular complexity index is 2620. The van der Waals surface area contributed by atoms with Crippen molar-refractivity contribution < 1.29 is 143 Å². The van der Waals surface area contributed by atoms with Gasteiger partial charge in [-0.2, -0.15) is 0 Å². The van der Waals surface area contributed by atoms with Crippen LogP contribution >= 0.6 is 0 Å². The summed E-state index contributed by atoms with van der Waals surface area (Å²) < 4.78 is 82.4. The second kappa shape index (κ2) is 38.4. The quantitative estimate of drug-likeness (QED) is 0.0155. The molecule has 0 aromatic carbocycles. The van der Waals surface area contributed by atoms with E-state index >= 15 is 0 Å². The number of carbonyl (C=O) groups is 14. The van der Waals surface area contributed by atoms with Crippen LogP contribution in [-0.2, 0) is 129 Å². The van der Waals surface area contributed by atoms with Gasteiger partial charge in [0, 0.05) is 109 Å². The average molecular weight is 1310 g/mol. The molecule has 0 bridgehead atoms. The van der Waals surface area contributed by atoms with E-state index in [1.54, 1.807) is 0 Å². The minimum absolute atomic E-state index is 0.0164. The van der Waals surface area contributed by atoms with Gasteiger partial charge in [-0.25, -0.2) is 9.59 Å². The average Bonchev–Trinajstić information content (AvgIpc) is 0.904. The third kappa shape index (κ3) is 27.7. The standard InChI is InChI=1S/C54H81N7O30/c1-25(62)58-40-46(83-34(10)71)43(80-31(7)68)37(22-77-28(4)65)86-49(40)89-52(74)56-18-13-16-55-17-14-20-61(54(76)91-51-42(60-27(3)64)48(85-36(12)73)45(82-33(9)70)39(88-51)24-79-30(6)67)21-15-19-57-53(75)90-50-41(59-26(2)63)47(84-35(11)72)44(81-32(8)69)38(87-50)23-78-29(5)66/h37-44,46-47,49-51,53,55,57,75H,13-24H2,1-12H3,(H,56,74)(H,58,62)(H,59,63)(H,60,64)/t37?,38?,39?,40?,41?,42?,43-,44-,46?,47?,49-,50-,51-,53?/m0/s1. The fourth-order valence-electron chi connectivity index (χ4n) is 9.04. The molecular formula is C54H81N7O30. The van der Waals surface area contributed by atoms with Crippen LogP contribution in [0.15, 0.2) is 11.5 Å². The number of aliphatic hydroxyl groups excluding tert-OH is 1. The summed E-state index contributed by atoms with van der Waals surface area (Å²) in [7, 11) is 0. The molecule has 0 aliphatic carbocycles. The molecule has 3 aliphatic heterocycles. The fraction of sp³-hybridized carbons (Fsp3) is 0.704. The highest BCUT2D eigenvalue weighted by Crippen LogP contribution is 2.32. The van der Waals surface area contributed by atoms with Gasteiger partial charge in [0.05, 0.1) is 0 Å². The maximum absolute atomic E-state index is 14.3. The van der Waals surface area contributed by atoms with Gasteiger partial charge in [-0.3, -0.25) is 62.9 Å². The van der Waals surface area contributed by atoms with Crippen LogP contribution in [0, 0.1) is 0 Å². The monoisotopic (exact) mass is 1310 g/mol. The topological polar surface area (TPSA) is 473 Å². The maximum Gasteiger partial charge on any atom is 0.412 e. The second-order valence-corrected chi connectivity index (χ2v) is 20.3. The van der Waals surface area contributed by atoms with Crippen LogP contribution in [0.1, 0.15) is 102 Å². The van der Waals surface area contributed by atoms with Crippen molar-refractivity contribution in [3.8, 4) is 0 Å². The van der Waals surface area contributed by atoms with Crippen molar-refractivity contribution in [1.29, 1.82) is 0 Å². The highest BCUT2D eigenvalue weighted by Gasteiger charge is 2.54. The molecule has 0 spiro atoms. The third-order valence-corrected chi connectivity index (χ3v) is 12.3. The summed E-state index contributed by atoms with van der Waals surface area (Å²) in [5, 5.41) is 26.9. The summed E-state index contributed by atoms with van der Waals surface area (Å²) in [6.07, 6.45) is -19.1. The molecule has 7 N–H and O–H groups in total. The number of alkyl carbamates (subject to hydrolysis) is 1. The zero-order valence-electron chi connectivity index (χ0n) is 52.3. The number of esters is 9. The van der Waals surface area contributed by atoms with Gasteiger partial charge in [-0.15, -0.1) is 0 Å². The number of aliphatic hydroxyl groups is 1. The first-order chi connectivity index (χ1) is 42.8. The van der Waals surface area contributed by atoms with Crippen molar-refractivity contribution >= 4 is 83.6 Å². The lowest BCUT2D eigenvalue weighted by Crippen LogP contribution is -2.67. The van der Waals surface area contributed by atoms with Crippen molar-refractivity contribution in [3.05, 3.63) is 11.5 Å². The SMILES string of the molecule is CC(=O)NC1C(OC(C)=O)=C(OC(C)=O)C(COC(C)=O)O[C@H]1OC(=O)N(CCCNCCCNC(=O)O[C@@H]1OC(COC(C)=O)[C@H](OC(C)=O)C(OC(C)=O)C1NC(C)=O)CCCNC(O)O[C@@H]1OC(COC(C)=O)[C@H](OC(C)=O)C(OC(C)=O)C1NC(C)=O. The zero-order valence-corrected chi connectivity index (χ0v) is 52.3. The van der Waals surface area contributed by atoms with Crippen molar-refractivity contribution in [3.63, 3.8) is 0 Å². The van der Waals surface area contributed by atoms with Crippen molar-refractivity contribution in [2.75, 3.05) is 59.1 Å². The molecule has 37 heteroatoms. The molecule has 0 saturated carbocycles. The minimum Gasteiger partial charge on any atom is -0.463 e. The molecule has 0 radical (unpaired) electrons. The summed E-state index contributed by atoms with van der Waals surface area (Å²) >= 11 is 0. The van der Waals surface area contributed by atoms with Gasteiger partial charge in [-0.1, -0.05) is 0 Å². The Kier molecular flexibility index (Phi) is 32.4. The summed E-state index contributed by atoms with van der Waals surface area (Å²) in [6.45, 7) is 10.9. The van der Waals surface area contributed by atoms with E-state index < -0.39 is 201 Å². The first kappa shape index (κ1) is 76.9. The molecule has 0 aromatic heterocycles. The molecule has 14 atom stereocenters. The predicted octanol–water partition coefficient (Wildman–Crippen LogP) is -2.76. The van der Waals surface area contributed by atoms with Crippen LogP contribution in [0.25, 0.3) is 0 Å². The van der Waals surface area contributed by atoms with Crippen LogP contribution in [0.5, 0.6) is 0 Å². The first-order valence-electron chi connectivity index (χ1n) is 28.4. The number of hydrogen-bond donors (Lipinski definition) is 7. The van der Waals surface area contributed by atoms with Crippen LogP contribution in [0.3, 0.4) is 0 Å². The number of amides is 5. The lowest BCUT2D eigenvalue weighted by molar-refractivity contribution is -0.313. The van der Waals surface area contributed by atoms with Gasteiger partial charge in [0.1, 0.15) is 44.1 Å². The molecule has 2 saturated heterocycles. The molecular weight excluding hydrogens is 1230 g/mol. The zero-order chi connectivity index (χ0) is 68.2. The largest absolute Gasteiger partial charge is 0.463 e. The number of nitrogens with one attached hydrogen (secondary N) is 6. The predicted molar refractivity (Wildman–Crippen MR) is 296 cm³/mol. The highest BCUT2D eigenvalue weighted by atomic mass is 16.8. The molecule has 37 nitrogen and oxygen atoms in total. The number of rotatable bonds is 32. The van der Waals surface area contributed by atoms with Gasteiger partial charge in [0.15, 0.2) is 54.4 Å². The molecule has 91 heavy (non-hydrogen) atoms. The summed E-state index contributed by atoms with van der Waals surface area (Å²) in [5.74, 6) is -10.8. The van der Waals surface area contributed by atoms with E-state index in [1.165, 1.54) is 4.90 Å². The Morgan fingerprint density at radius 2 is 0.890 bits per heavy atom. The van der Waals surface area contributed by atoms with Crippen LogP contribution in [-0.4, -0.2) is 239 Å². The smallest absolute Gasteiger partial charge is 0.412 e. The van der Waals surface area contributed by atoms with Gasteiger partial charge in [0.2, 0.25) is 36.7 Å². The second-order valence-electron chi connectivity index (χ2n) is 20.3. The van der Waals surface area contributed by atoms with Gasteiger partial charge >= 0.3 is 65.9 Å². The molecule has 3 heterocycles. The Balaban J connectivity index is 1.83. The van der Waals surface area contributed by atoms with Gasteiger partial charge < -0.3 is 108 Å². The summed E-state index contributed by atoms with van der Waals surface area (Å²) in [5.41, 5.74) is 0. The number of nitrogens with zero attached hydrogens (tertiary/aromatic N) is 1. The van der Waals surface area contributed by atoms with E-state index in [-0.39, 0.29) is 58.5 Å². The normalized spacial score (nSPS) is 24.6. The maximum atomic E-state index is 14.3. The number of carbonyl (C=O) groups excluding carboxylic acids is 14. The van der Waals surface area contributed by atoms with Gasteiger partial charge in [0.25, 0.3) is 0 Å². The van der Waals surface area contributed by atoms with E-state index in [4.69, 9.17) is 71.1 Å². The van der Waals surface area contributed by atoms with E-state index in [0.717, 1.165) is 83.1 Å². The molecule has 3 rings (SSSR count). The van der Waals surface area contributed by atoms with Crippen LogP contribution < -0.4 is 31.9 Å². The molecule has 0 aromatic rings. The Morgan fingerprint density at radius 3 is 1.36 bits per heavy atom. The molecule has 512 valence electrons. The minimum atomic E-state index is -1.95. The molecule has 9 unspecified atom stereocenters. The van der Waals surface area contributed by atoms with Crippen molar-refractivity contribution in [2.45, 2.75) is 188 Å². The number of ether oxygens (including phenoxy) is 15. The Labute approximate surface area is 521 Å². The molecule has 3 aliphatic rings. The van der Waals surface area contributed by atoms with Crippen molar-refractivity contribution in [1.82, 2.24) is 36.8 Å². The van der Waals surface area contributed by atoms with E-state index in [1.807, 2.05) is 0 Å². The van der Waals surface area contributed by atoms with E-state index in [9.17, 15) is 72.2 Å². The van der Waals surface area contributed by atoms with Crippen molar-refractivity contribution in [2.24, 2.45) is 0 Å². The summed E-state index contributed by atoms with van der Waals surface area (Å²) in [6, 6.07) is -4.53. The molecule has 5 amide bonds. The lowest BCUT2D eigenvalue weighted by atomic mass is 9.96. The highest BCUT2D eigenvalue weighted by molar-refractivity contribution is 5.76. The Hall–Kier alpha value is -8.36. The van der Waals surface area contributed by atoms with Crippen LogP contribution in [0.4, 0.5) is 9.59 Å².